The Hall–Kier alpha value is -4.47. The number of fused-ring (bicyclic) bond motifs is 1. The third kappa shape index (κ3) is 5.72. The van der Waals surface area contributed by atoms with Crippen LogP contribution in [0.2, 0.25) is 0 Å². The number of carbonyl (C=O) groups excluding carboxylic acids is 2. The zero-order chi connectivity index (χ0) is 24.8. The van der Waals surface area contributed by atoms with Crippen LogP contribution < -0.4 is 14.8 Å². The Morgan fingerprint density at radius 2 is 1.80 bits per heavy atom. The number of nitrogens with one attached hydrogen (secondary N) is 1. The van der Waals surface area contributed by atoms with Crippen LogP contribution in [0.1, 0.15) is 5.56 Å². The molecule has 3 aromatic carbocycles. The molecule has 180 valence electrons. The maximum absolute atomic E-state index is 13.4. The highest BCUT2D eigenvalue weighted by Crippen LogP contribution is 2.29. The lowest BCUT2D eigenvalue weighted by atomic mass is 10.2. The molecule has 10 heteroatoms. The smallest absolute Gasteiger partial charge is 0.245 e. The second-order valence-corrected chi connectivity index (χ2v) is 7.73. The van der Waals surface area contributed by atoms with E-state index in [1.54, 1.807) is 36.4 Å². The van der Waals surface area contributed by atoms with Crippen LogP contribution in [-0.4, -0.2) is 52.5 Å². The largest absolute Gasteiger partial charge is 0.497 e. The fourth-order valence-corrected chi connectivity index (χ4v) is 3.57. The molecule has 35 heavy (non-hydrogen) atoms. The van der Waals surface area contributed by atoms with Crippen LogP contribution in [0, 0.1) is 5.82 Å². The Bertz CT molecular complexity index is 1340. The first-order valence-corrected chi connectivity index (χ1v) is 10.8. The number of methoxy groups -OCH3 is 2. The third-order valence-corrected chi connectivity index (χ3v) is 5.36. The predicted molar refractivity (Wildman–Crippen MR) is 128 cm³/mol. The molecule has 0 aliphatic rings. The number of aromatic nitrogens is 3. The summed E-state index contributed by atoms with van der Waals surface area (Å²) in [6.07, 6.45) is 0. The zero-order valence-corrected chi connectivity index (χ0v) is 19.3. The number of carbonyl (C=O) groups is 2. The molecule has 0 fully saturated rings. The molecular weight excluding hydrogens is 453 g/mol. The van der Waals surface area contributed by atoms with Crippen molar-refractivity contribution in [1.29, 1.82) is 0 Å². The first kappa shape index (κ1) is 23.7. The molecule has 1 aromatic heterocycles. The Morgan fingerprint density at radius 1 is 1.03 bits per heavy atom. The highest BCUT2D eigenvalue weighted by Gasteiger charge is 2.21. The van der Waals surface area contributed by atoms with E-state index >= 15 is 0 Å². The molecule has 1 N–H and O–H groups in total. The summed E-state index contributed by atoms with van der Waals surface area (Å²) in [7, 11) is 3.02. The average Bonchev–Trinajstić information content (AvgIpc) is 3.27. The molecule has 0 saturated heterocycles. The Labute approximate surface area is 201 Å². The molecule has 0 unspecified atom stereocenters. The molecule has 0 bridgehead atoms. The molecule has 4 rings (SSSR count). The monoisotopic (exact) mass is 477 g/mol. The number of rotatable bonds is 9. The summed E-state index contributed by atoms with van der Waals surface area (Å²) >= 11 is 0. The second-order valence-electron chi connectivity index (χ2n) is 7.73. The quantitative estimate of drug-likeness (QED) is 0.397. The fraction of sp³-hybridized carbons (Fsp3) is 0.200. The van der Waals surface area contributed by atoms with Crippen LogP contribution in [0.4, 0.5) is 10.1 Å². The van der Waals surface area contributed by atoms with Gasteiger partial charge in [0.05, 0.1) is 25.4 Å². The van der Waals surface area contributed by atoms with Gasteiger partial charge in [0.15, 0.2) is 0 Å². The first-order chi connectivity index (χ1) is 17.0. The lowest BCUT2D eigenvalue weighted by Gasteiger charge is -2.23. The number of para-hydroxylation sites is 1. The highest BCUT2D eigenvalue weighted by atomic mass is 19.1. The Morgan fingerprint density at radius 3 is 2.54 bits per heavy atom. The number of anilines is 1. The number of hydrogen-bond donors (Lipinski definition) is 1. The van der Waals surface area contributed by atoms with Gasteiger partial charge >= 0.3 is 0 Å². The minimum Gasteiger partial charge on any atom is -0.497 e. The first-order valence-electron chi connectivity index (χ1n) is 10.8. The number of halogens is 1. The number of hydrogen-bond acceptors (Lipinski definition) is 6. The van der Waals surface area contributed by atoms with Crippen molar-refractivity contribution in [2.24, 2.45) is 0 Å². The summed E-state index contributed by atoms with van der Waals surface area (Å²) < 4.78 is 25.4. The van der Waals surface area contributed by atoms with Crippen molar-refractivity contribution in [2.75, 3.05) is 26.1 Å². The molecule has 0 radical (unpaired) electrons. The molecule has 0 aliphatic heterocycles. The van der Waals surface area contributed by atoms with Crippen molar-refractivity contribution in [1.82, 2.24) is 19.9 Å². The maximum atomic E-state index is 13.4. The second kappa shape index (κ2) is 10.6. The van der Waals surface area contributed by atoms with Crippen LogP contribution in [0.3, 0.4) is 0 Å². The van der Waals surface area contributed by atoms with Gasteiger partial charge < -0.3 is 19.7 Å². The summed E-state index contributed by atoms with van der Waals surface area (Å²) in [6, 6.07) is 18.0. The van der Waals surface area contributed by atoms with Gasteiger partial charge in [-0.05, 0) is 42.0 Å². The van der Waals surface area contributed by atoms with Crippen molar-refractivity contribution in [3.63, 3.8) is 0 Å². The molecular formula is C25H24FN5O4. The zero-order valence-electron chi connectivity index (χ0n) is 19.3. The van der Waals surface area contributed by atoms with Crippen LogP contribution in [0.5, 0.6) is 11.5 Å². The number of amides is 2. The van der Waals surface area contributed by atoms with Gasteiger partial charge in [0.1, 0.15) is 35.9 Å². The standard InChI is InChI=1S/C25H24FN5O4/c1-34-19-11-12-21(23(13-19)35-2)27-24(32)15-30(14-17-7-9-18(26)10-8-17)25(33)16-31-22-6-4-3-5-20(22)28-29-31/h3-13H,14-16H2,1-2H3,(H,27,32). The summed E-state index contributed by atoms with van der Waals surface area (Å²) in [6.45, 7) is -0.238. The summed E-state index contributed by atoms with van der Waals surface area (Å²) in [5, 5.41) is 10.9. The van der Waals surface area contributed by atoms with E-state index in [1.807, 2.05) is 18.2 Å². The summed E-state index contributed by atoms with van der Waals surface area (Å²) in [4.78, 5) is 27.6. The fourth-order valence-electron chi connectivity index (χ4n) is 3.57. The van der Waals surface area contributed by atoms with E-state index in [-0.39, 0.29) is 31.4 Å². The lowest BCUT2D eigenvalue weighted by molar-refractivity contribution is -0.136. The summed E-state index contributed by atoms with van der Waals surface area (Å²) in [5.41, 5.74) is 2.48. The highest BCUT2D eigenvalue weighted by molar-refractivity contribution is 5.96. The van der Waals surface area contributed by atoms with Crippen LogP contribution >= 0.6 is 0 Å². The van der Waals surface area contributed by atoms with Gasteiger partial charge in [0, 0.05) is 12.6 Å². The molecule has 9 nitrogen and oxygen atoms in total. The van der Waals surface area contributed by atoms with Gasteiger partial charge in [-0.15, -0.1) is 5.10 Å². The molecule has 0 aliphatic carbocycles. The average molecular weight is 477 g/mol. The third-order valence-electron chi connectivity index (χ3n) is 5.36. The topological polar surface area (TPSA) is 98.6 Å². The van der Waals surface area contributed by atoms with Crippen molar-refractivity contribution >= 4 is 28.5 Å². The molecule has 0 atom stereocenters. The Kier molecular flexibility index (Phi) is 7.20. The maximum Gasteiger partial charge on any atom is 0.245 e. The van der Waals surface area contributed by atoms with Crippen molar-refractivity contribution in [3.05, 3.63) is 78.1 Å². The van der Waals surface area contributed by atoms with Gasteiger partial charge in [-0.3, -0.25) is 9.59 Å². The van der Waals surface area contributed by atoms with E-state index in [1.165, 1.54) is 35.9 Å². The van der Waals surface area contributed by atoms with Gasteiger partial charge in [-0.1, -0.05) is 29.5 Å². The van der Waals surface area contributed by atoms with Gasteiger partial charge in [0.25, 0.3) is 0 Å². The van der Waals surface area contributed by atoms with Gasteiger partial charge in [-0.25, -0.2) is 9.07 Å². The molecule has 2 amide bonds. The molecule has 0 spiro atoms. The van der Waals surface area contributed by atoms with Crippen LogP contribution in [0.15, 0.2) is 66.7 Å². The van der Waals surface area contributed by atoms with E-state index in [4.69, 9.17) is 9.47 Å². The predicted octanol–water partition coefficient (Wildman–Crippen LogP) is 3.26. The van der Waals surface area contributed by atoms with Gasteiger partial charge in [-0.2, -0.15) is 0 Å². The van der Waals surface area contributed by atoms with Crippen LogP contribution in [-0.2, 0) is 22.7 Å². The van der Waals surface area contributed by atoms with E-state index in [9.17, 15) is 14.0 Å². The van der Waals surface area contributed by atoms with Crippen molar-refractivity contribution < 1.29 is 23.5 Å². The Balaban J connectivity index is 1.53. The number of nitrogens with zero attached hydrogens (tertiary/aromatic N) is 4. The number of ether oxygens (including phenoxy) is 2. The van der Waals surface area contributed by atoms with E-state index < -0.39 is 5.91 Å². The molecule has 1 heterocycles. The van der Waals surface area contributed by atoms with E-state index in [0.29, 0.717) is 33.8 Å². The van der Waals surface area contributed by atoms with Gasteiger partial charge in [0.2, 0.25) is 11.8 Å². The van der Waals surface area contributed by atoms with E-state index in [2.05, 4.69) is 15.6 Å². The van der Waals surface area contributed by atoms with Crippen molar-refractivity contribution in [3.8, 4) is 11.5 Å². The molecule has 0 saturated carbocycles. The summed E-state index contributed by atoms with van der Waals surface area (Å²) in [5.74, 6) is -0.157. The normalized spacial score (nSPS) is 10.7. The van der Waals surface area contributed by atoms with E-state index in [0.717, 1.165) is 0 Å². The SMILES string of the molecule is COc1ccc(NC(=O)CN(Cc2ccc(F)cc2)C(=O)Cn2nnc3ccccc32)c(OC)c1. The minimum absolute atomic E-state index is 0.110. The van der Waals surface area contributed by atoms with Crippen molar-refractivity contribution in [2.45, 2.75) is 13.1 Å². The lowest BCUT2D eigenvalue weighted by Crippen LogP contribution is -2.39. The number of benzene rings is 3. The molecule has 4 aromatic rings. The van der Waals surface area contributed by atoms with Crippen LogP contribution in [0.25, 0.3) is 11.0 Å². The minimum atomic E-state index is -0.424.